The summed E-state index contributed by atoms with van der Waals surface area (Å²) in [5, 5.41) is 4.77. The second kappa shape index (κ2) is 9.44. The molecule has 0 radical (unpaired) electrons. The van der Waals surface area contributed by atoms with E-state index in [1.165, 1.54) is 35.6 Å². The van der Waals surface area contributed by atoms with E-state index < -0.39 is 12.6 Å². The largest absolute Gasteiger partial charge is 0.454 e. The molecule has 1 amide bonds. The average molecular weight is 495 g/mol. The molecule has 0 bridgehead atoms. The quantitative estimate of drug-likeness (QED) is 0.352. The summed E-state index contributed by atoms with van der Waals surface area (Å²) >= 11 is 7.47. The van der Waals surface area contributed by atoms with Gasteiger partial charge in [0.1, 0.15) is 0 Å². The van der Waals surface area contributed by atoms with Gasteiger partial charge in [0.05, 0.1) is 21.2 Å². The number of rotatable bonds is 6. The lowest BCUT2D eigenvalue weighted by atomic mass is 9.83. The fraction of sp³-hybridized carbons (Fsp3) is 0.192. The highest BCUT2D eigenvalue weighted by Gasteiger charge is 2.38. The minimum absolute atomic E-state index is 0.178. The monoisotopic (exact) mass is 494 g/mol. The zero-order valence-electron chi connectivity index (χ0n) is 18.9. The Bertz CT molecular complexity index is 1300. The zero-order chi connectivity index (χ0) is 24.5. The number of carbonyl (C=O) groups is 3. The molecule has 0 unspecified atom stereocenters. The van der Waals surface area contributed by atoms with Crippen molar-refractivity contribution in [1.82, 2.24) is 0 Å². The number of hydrogen-bond acceptors (Lipinski definition) is 6. The number of ether oxygens (including phenoxy) is 1. The highest BCUT2D eigenvalue weighted by Crippen LogP contribution is 2.46. The molecule has 174 valence electrons. The van der Waals surface area contributed by atoms with Crippen LogP contribution in [0.15, 0.2) is 71.8 Å². The summed E-state index contributed by atoms with van der Waals surface area (Å²) in [5.74, 6) is -1.33. The Morgan fingerprint density at radius 1 is 1.12 bits per heavy atom. The molecule has 2 heterocycles. The van der Waals surface area contributed by atoms with Crippen molar-refractivity contribution in [3.8, 4) is 0 Å². The summed E-state index contributed by atoms with van der Waals surface area (Å²) in [4.78, 5) is 40.1. The lowest BCUT2D eigenvalue weighted by molar-refractivity contribution is -0.117. The van der Waals surface area contributed by atoms with Crippen LogP contribution in [0.4, 0.5) is 11.4 Å². The molecule has 1 aromatic heterocycles. The molecule has 3 aromatic rings. The van der Waals surface area contributed by atoms with Gasteiger partial charge in [0.2, 0.25) is 0 Å². The van der Waals surface area contributed by atoms with Crippen molar-refractivity contribution in [2.45, 2.75) is 19.3 Å². The molecule has 1 aliphatic heterocycles. The molecule has 0 fully saturated rings. The van der Waals surface area contributed by atoms with Gasteiger partial charge >= 0.3 is 5.97 Å². The number of hydrogen-bond donors (Lipinski definition) is 1. The lowest BCUT2D eigenvalue weighted by Gasteiger charge is -2.23. The van der Waals surface area contributed by atoms with Crippen LogP contribution in [0.1, 0.15) is 39.4 Å². The van der Waals surface area contributed by atoms with Gasteiger partial charge in [-0.3, -0.25) is 9.59 Å². The summed E-state index contributed by atoms with van der Waals surface area (Å²) in [6.07, 6.45) is 1.53. The van der Waals surface area contributed by atoms with Crippen LogP contribution in [0, 0.1) is 0 Å². The van der Waals surface area contributed by atoms with Gasteiger partial charge in [0.15, 0.2) is 12.4 Å². The normalized spacial score (nSPS) is 15.2. The van der Waals surface area contributed by atoms with Crippen molar-refractivity contribution in [2.24, 2.45) is 0 Å². The number of thiophene rings is 1. The lowest BCUT2D eigenvalue weighted by Crippen LogP contribution is -2.25. The maximum atomic E-state index is 12.7. The summed E-state index contributed by atoms with van der Waals surface area (Å²) in [7, 11) is 1.92. The maximum Gasteiger partial charge on any atom is 0.338 e. The maximum absolute atomic E-state index is 12.7. The Morgan fingerprint density at radius 3 is 2.59 bits per heavy atom. The van der Waals surface area contributed by atoms with E-state index in [1.54, 1.807) is 17.5 Å². The number of para-hydroxylation sites is 1. The molecule has 0 spiro atoms. The Labute approximate surface area is 206 Å². The zero-order valence-corrected chi connectivity index (χ0v) is 20.5. The number of allylic oxidation sites excluding steroid dienone is 1. The number of amides is 1. The number of carbonyl (C=O) groups excluding carboxylic acids is 3. The Kier molecular flexibility index (Phi) is 6.59. The van der Waals surface area contributed by atoms with E-state index in [-0.39, 0.29) is 33.4 Å². The third-order valence-corrected chi connectivity index (χ3v) is 6.98. The molecule has 0 saturated heterocycles. The predicted octanol–water partition coefficient (Wildman–Crippen LogP) is 5.69. The molecule has 4 rings (SSSR count). The SMILES string of the molecule is CN1C(=CC(=O)COC(=O)c2ccc(Cl)c(NC(=O)c3cccs3)c2)C(C)(C)c2ccccc21. The molecule has 0 saturated carbocycles. The van der Waals surface area contributed by atoms with Crippen LogP contribution in [0.3, 0.4) is 0 Å². The number of ketones is 1. The fourth-order valence-electron chi connectivity index (χ4n) is 4.01. The highest BCUT2D eigenvalue weighted by atomic mass is 35.5. The first kappa shape index (κ1) is 23.7. The molecule has 1 aliphatic rings. The van der Waals surface area contributed by atoms with E-state index in [2.05, 4.69) is 19.2 Å². The molecular formula is C26H23ClN2O4S. The van der Waals surface area contributed by atoms with Gasteiger partial charge in [0.25, 0.3) is 5.91 Å². The molecule has 0 atom stereocenters. The number of nitrogens with one attached hydrogen (secondary N) is 1. The molecule has 6 nitrogen and oxygen atoms in total. The van der Waals surface area contributed by atoms with Crippen molar-refractivity contribution in [3.63, 3.8) is 0 Å². The van der Waals surface area contributed by atoms with Crippen LogP contribution in [0.5, 0.6) is 0 Å². The molecule has 0 aliphatic carbocycles. The van der Waals surface area contributed by atoms with Gasteiger partial charge < -0.3 is 15.0 Å². The first-order valence-electron chi connectivity index (χ1n) is 10.6. The Hall–Kier alpha value is -3.42. The molecule has 8 heteroatoms. The first-order valence-corrected chi connectivity index (χ1v) is 11.8. The van der Waals surface area contributed by atoms with E-state index in [1.807, 2.05) is 36.2 Å². The van der Waals surface area contributed by atoms with E-state index in [4.69, 9.17) is 16.3 Å². The van der Waals surface area contributed by atoms with Crippen molar-refractivity contribution >= 4 is 52.0 Å². The number of benzene rings is 2. The molecule has 2 aromatic carbocycles. The molecule has 1 N–H and O–H groups in total. The standard InChI is InChI=1S/C26H23ClN2O4S/c1-26(2)18-7-4-5-8-21(18)29(3)23(26)14-17(30)15-33-25(32)16-10-11-19(27)20(13-16)28-24(31)22-9-6-12-34-22/h4-14H,15H2,1-3H3,(H,28,31). The van der Waals surface area contributed by atoms with Crippen molar-refractivity contribution in [2.75, 3.05) is 23.9 Å². The van der Waals surface area contributed by atoms with Crippen molar-refractivity contribution in [3.05, 3.63) is 92.8 Å². The number of anilines is 2. The smallest absolute Gasteiger partial charge is 0.338 e. The van der Waals surface area contributed by atoms with Crippen LogP contribution in [0.2, 0.25) is 5.02 Å². The van der Waals surface area contributed by atoms with Crippen LogP contribution >= 0.6 is 22.9 Å². The van der Waals surface area contributed by atoms with Gasteiger partial charge in [-0.2, -0.15) is 0 Å². The first-order chi connectivity index (χ1) is 16.2. The van der Waals surface area contributed by atoms with Crippen LogP contribution in [0.25, 0.3) is 0 Å². The second-order valence-corrected chi connectivity index (χ2v) is 9.75. The number of likely N-dealkylation sites (N-methyl/N-ethyl adjacent to an activating group) is 1. The van der Waals surface area contributed by atoms with Gasteiger partial charge in [-0.15, -0.1) is 11.3 Å². The van der Waals surface area contributed by atoms with Crippen molar-refractivity contribution < 1.29 is 19.1 Å². The summed E-state index contributed by atoms with van der Waals surface area (Å²) < 4.78 is 5.25. The molecule has 34 heavy (non-hydrogen) atoms. The summed E-state index contributed by atoms with van der Waals surface area (Å²) in [6.45, 7) is 3.71. The second-order valence-electron chi connectivity index (χ2n) is 8.40. The third-order valence-electron chi connectivity index (χ3n) is 5.78. The van der Waals surface area contributed by atoms with E-state index in [0.717, 1.165) is 16.9 Å². The van der Waals surface area contributed by atoms with Crippen LogP contribution in [-0.2, 0) is 14.9 Å². The predicted molar refractivity (Wildman–Crippen MR) is 135 cm³/mol. The Balaban J connectivity index is 1.43. The van der Waals surface area contributed by atoms with Gasteiger partial charge in [-0.05, 0) is 41.3 Å². The molecular weight excluding hydrogens is 472 g/mol. The summed E-state index contributed by atoms with van der Waals surface area (Å²) in [5.41, 5.74) is 3.12. The van der Waals surface area contributed by atoms with Gasteiger partial charge in [-0.1, -0.05) is 49.7 Å². The third kappa shape index (κ3) is 4.62. The Morgan fingerprint density at radius 2 is 1.88 bits per heavy atom. The minimum Gasteiger partial charge on any atom is -0.454 e. The number of nitrogens with zero attached hydrogens (tertiary/aromatic N) is 1. The number of fused-ring (bicyclic) bond motifs is 1. The van der Waals surface area contributed by atoms with Crippen LogP contribution < -0.4 is 10.2 Å². The van der Waals surface area contributed by atoms with Crippen LogP contribution in [-0.4, -0.2) is 31.3 Å². The highest BCUT2D eigenvalue weighted by molar-refractivity contribution is 7.12. The number of esters is 1. The van der Waals surface area contributed by atoms with Gasteiger partial charge in [0, 0.05) is 29.9 Å². The van der Waals surface area contributed by atoms with E-state index in [9.17, 15) is 14.4 Å². The van der Waals surface area contributed by atoms with E-state index >= 15 is 0 Å². The average Bonchev–Trinajstić information content (AvgIpc) is 3.42. The fourth-order valence-corrected chi connectivity index (χ4v) is 4.80. The summed E-state index contributed by atoms with van der Waals surface area (Å²) in [6, 6.07) is 15.9. The minimum atomic E-state index is -0.683. The van der Waals surface area contributed by atoms with E-state index in [0.29, 0.717) is 4.88 Å². The topological polar surface area (TPSA) is 75.7 Å². The number of halogens is 1. The van der Waals surface area contributed by atoms with Gasteiger partial charge in [-0.25, -0.2) is 4.79 Å². The van der Waals surface area contributed by atoms with Crippen molar-refractivity contribution in [1.29, 1.82) is 0 Å².